The first kappa shape index (κ1) is 16.1. The Balaban J connectivity index is 2.00. The molecule has 0 spiro atoms. The number of benzene rings is 1. The maximum atomic E-state index is 5.62. The van der Waals surface area contributed by atoms with Crippen LogP contribution in [0.5, 0.6) is 0 Å². The molecule has 0 atom stereocenters. The van der Waals surface area contributed by atoms with Gasteiger partial charge in [0, 0.05) is 24.8 Å². The number of anilines is 1. The van der Waals surface area contributed by atoms with Gasteiger partial charge in [-0.1, -0.05) is 0 Å². The van der Waals surface area contributed by atoms with Crippen molar-refractivity contribution in [3.63, 3.8) is 0 Å². The summed E-state index contributed by atoms with van der Waals surface area (Å²) >= 11 is 0. The Morgan fingerprint density at radius 1 is 1.09 bits per heavy atom. The molecular weight excluding hydrogens is 278 g/mol. The van der Waals surface area contributed by atoms with Crippen LogP contribution in [0.3, 0.4) is 0 Å². The highest BCUT2D eigenvalue weighted by Crippen LogP contribution is 2.24. The number of piperidine rings is 1. The average Bonchev–Trinajstić information content (AvgIpc) is 2.47. The third-order valence-corrected chi connectivity index (χ3v) is 3.90. The van der Waals surface area contributed by atoms with Gasteiger partial charge < -0.3 is 27.0 Å². The smallest absolute Gasteiger partial charge is 0.223 e. The predicted molar refractivity (Wildman–Crippen MR) is 92.5 cm³/mol. The molecular formula is C15H25N7. The number of rotatable bonds is 3. The fraction of sp³-hybridized carbons (Fsp3) is 0.467. The van der Waals surface area contributed by atoms with E-state index in [-0.39, 0.29) is 11.9 Å². The Morgan fingerprint density at radius 2 is 1.68 bits per heavy atom. The molecule has 22 heavy (non-hydrogen) atoms. The van der Waals surface area contributed by atoms with E-state index in [0.717, 1.165) is 18.8 Å². The van der Waals surface area contributed by atoms with Crippen molar-refractivity contribution >= 4 is 23.3 Å². The first-order chi connectivity index (χ1) is 10.5. The normalized spacial score (nSPS) is 16.9. The van der Waals surface area contributed by atoms with Crippen LogP contribution in [0.25, 0.3) is 0 Å². The molecule has 1 aliphatic heterocycles. The van der Waals surface area contributed by atoms with Crippen LogP contribution in [0.2, 0.25) is 0 Å². The highest BCUT2D eigenvalue weighted by molar-refractivity contribution is 5.93. The van der Waals surface area contributed by atoms with Gasteiger partial charge in [0.15, 0.2) is 5.96 Å². The number of hydrogen-bond acceptors (Lipinski definition) is 3. The van der Waals surface area contributed by atoms with Crippen molar-refractivity contribution in [2.45, 2.75) is 18.9 Å². The van der Waals surface area contributed by atoms with E-state index in [1.807, 2.05) is 12.1 Å². The maximum absolute atomic E-state index is 5.62. The highest BCUT2D eigenvalue weighted by atomic mass is 15.2. The third-order valence-electron chi connectivity index (χ3n) is 3.90. The first-order valence-corrected chi connectivity index (χ1v) is 7.41. The molecule has 0 aliphatic carbocycles. The molecule has 7 heteroatoms. The lowest BCUT2D eigenvalue weighted by molar-refractivity contribution is 0.249. The lowest BCUT2D eigenvalue weighted by atomic mass is 10.0. The molecule has 6 N–H and O–H groups in total. The molecule has 0 radical (unpaired) electrons. The molecule has 0 amide bonds. The Morgan fingerprint density at radius 3 is 2.18 bits per heavy atom. The van der Waals surface area contributed by atoms with Gasteiger partial charge in [-0.3, -0.25) is 0 Å². The fourth-order valence-electron chi connectivity index (χ4n) is 2.67. The van der Waals surface area contributed by atoms with E-state index in [0.29, 0.717) is 6.04 Å². The molecule has 1 aliphatic rings. The minimum Gasteiger partial charge on any atom is -0.371 e. The van der Waals surface area contributed by atoms with E-state index in [1.54, 1.807) is 0 Å². The lowest BCUT2D eigenvalue weighted by Crippen LogP contribution is -2.41. The molecule has 1 heterocycles. The lowest BCUT2D eigenvalue weighted by Gasteiger charge is -2.36. The number of hydrogen-bond donors (Lipinski definition) is 3. The molecule has 1 aromatic carbocycles. The van der Waals surface area contributed by atoms with Crippen molar-refractivity contribution < 1.29 is 0 Å². The topological polar surface area (TPSA) is 109 Å². The van der Waals surface area contributed by atoms with Gasteiger partial charge in [-0.15, -0.1) is 0 Å². The van der Waals surface area contributed by atoms with Crippen LogP contribution in [-0.2, 0) is 0 Å². The summed E-state index contributed by atoms with van der Waals surface area (Å²) in [6.45, 7) is 2.14. The summed E-state index contributed by atoms with van der Waals surface area (Å²) in [4.78, 5) is 12.5. The van der Waals surface area contributed by atoms with Gasteiger partial charge in [-0.05, 0) is 51.2 Å². The zero-order valence-corrected chi connectivity index (χ0v) is 13.2. The molecule has 1 saturated heterocycles. The summed E-state index contributed by atoms with van der Waals surface area (Å²) in [7, 11) is 4.29. The molecule has 2 rings (SSSR count). The molecule has 0 saturated carbocycles. The number of guanidine groups is 2. The minimum absolute atomic E-state index is 0.0551. The second-order valence-electron chi connectivity index (χ2n) is 5.70. The molecule has 1 fully saturated rings. The van der Waals surface area contributed by atoms with Crippen molar-refractivity contribution in [1.29, 1.82) is 0 Å². The van der Waals surface area contributed by atoms with Crippen LogP contribution in [0.1, 0.15) is 12.8 Å². The minimum atomic E-state index is -0.0957. The quantitative estimate of drug-likeness (QED) is 0.554. The molecule has 0 unspecified atom stereocenters. The van der Waals surface area contributed by atoms with Crippen molar-refractivity contribution in [2.24, 2.45) is 27.2 Å². The predicted octanol–water partition coefficient (Wildman–Crippen LogP) is 0.437. The maximum Gasteiger partial charge on any atom is 0.223 e. The van der Waals surface area contributed by atoms with Gasteiger partial charge in [-0.25, -0.2) is 4.99 Å². The molecule has 120 valence electrons. The van der Waals surface area contributed by atoms with Gasteiger partial charge in [0.05, 0.1) is 5.69 Å². The summed E-state index contributed by atoms with van der Waals surface area (Å²) in [6.07, 6.45) is 2.37. The van der Waals surface area contributed by atoms with Gasteiger partial charge in [0.25, 0.3) is 0 Å². The summed E-state index contributed by atoms with van der Waals surface area (Å²) in [5.41, 5.74) is 18.1. The first-order valence-electron chi connectivity index (χ1n) is 7.41. The zero-order valence-electron chi connectivity index (χ0n) is 13.2. The van der Waals surface area contributed by atoms with Crippen LogP contribution in [-0.4, -0.2) is 50.0 Å². The zero-order chi connectivity index (χ0) is 16.1. The van der Waals surface area contributed by atoms with E-state index >= 15 is 0 Å². The largest absolute Gasteiger partial charge is 0.371 e. The summed E-state index contributed by atoms with van der Waals surface area (Å²) in [6, 6.07) is 8.62. The van der Waals surface area contributed by atoms with Crippen LogP contribution < -0.4 is 22.1 Å². The number of nitrogens with two attached hydrogens (primary N) is 3. The SMILES string of the molecule is CN(C)C1CCN(c2ccc(N=C(N)N=C(N)N)cc2)CC1. The Hall–Kier alpha value is -2.28. The second kappa shape index (κ2) is 7.13. The Labute approximate surface area is 131 Å². The van der Waals surface area contributed by atoms with Crippen LogP contribution in [0, 0.1) is 0 Å². The Bertz CT molecular complexity index is 536. The van der Waals surface area contributed by atoms with Crippen molar-refractivity contribution in [3.05, 3.63) is 24.3 Å². The van der Waals surface area contributed by atoms with Crippen LogP contribution >= 0.6 is 0 Å². The molecule has 1 aromatic rings. The number of aliphatic imine (C=N–C) groups is 2. The fourth-order valence-corrected chi connectivity index (χ4v) is 2.67. The van der Waals surface area contributed by atoms with Crippen molar-refractivity contribution in [1.82, 2.24) is 4.90 Å². The number of nitrogens with zero attached hydrogens (tertiary/aromatic N) is 4. The van der Waals surface area contributed by atoms with Crippen LogP contribution in [0.4, 0.5) is 11.4 Å². The van der Waals surface area contributed by atoms with Gasteiger partial charge >= 0.3 is 0 Å². The van der Waals surface area contributed by atoms with Crippen molar-refractivity contribution in [2.75, 3.05) is 32.1 Å². The third kappa shape index (κ3) is 4.36. The standard InChI is InChI=1S/C15H25N7/c1-21(2)12-7-9-22(10-8-12)13-5-3-11(4-6-13)19-15(18)20-14(16)17/h3-6,12H,7-10H2,1-2H3,(H6,16,17,18,19,20). The van der Waals surface area contributed by atoms with Gasteiger partial charge in [0.1, 0.15) is 0 Å². The highest BCUT2D eigenvalue weighted by Gasteiger charge is 2.20. The molecule has 0 aromatic heterocycles. The summed E-state index contributed by atoms with van der Waals surface area (Å²) < 4.78 is 0. The monoisotopic (exact) mass is 303 g/mol. The average molecular weight is 303 g/mol. The Kier molecular flexibility index (Phi) is 5.21. The summed E-state index contributed by atoms with van der Waals surface area (Å²) in [5.74, 6) is -0.0406. The van der Waals surface area contributed by atoms with Crippen molar-refractivity contribution in [3.8, 4) is 0 Å². The second-order valence-corrected chi connectivity index (χ2v) is 5.70. The van der Waals surface area contributed by atoms with E-state index < -0.39 is 0 Å². The van der Waals surface area contributed by atoms with E-state index in [9.17, 15) is 0 Å². The van der Waals surface area contributed by atoms with Gasteiger partial charge in [-0.2, -0.15) is 4.99 Å². The summed E-state index contributed by atoms with van der Waals surface area (Å²) in [5, 5.41) is 0. The van der Waals surface area contributed by atoms with E-state index in [1.165, 1.54) is 18.5 Å². The van der Waals surface area contributed by atoms with Gasteiger partial charge in [0.2, 0.25) is 5.96 Å². The van der Waals surface area contributed by atoms with E-state index in [4.69, 9.17) is 17.2 Å². The molecule has 0 bridgehead atoms. The van der Waals surface area contributed by atoms with Crippen LogP contribution in [0.15, 0.2) is 34.3 Å². The van der Waals surface area contributed by atoms with E-state index in [2.05, 4.69) is 46.0 Å². The molecule has 7 nitrogen and oxygen atoms in total.